The molecule has 1 saturated heterocycles. The van der Waals surface area contributed by atoms with E-state index in [1.165, 1.54) is 19.5 Å². The van der Waals surface area contributed by atoms with Crippen molar-refractivity contribution < 1.29 is 9.53 Å². The van der Waals surface area contributed by atoms with Crippen molar-refractivity contribution in [3.63, 3.8) is 0 Å². The minimum atomic E-state index is -0.478. The first-order valence-electron chi connectivity index (χ1n) is 9.40. The normalized spacial score (nSPS) is 22.4. The third-order valence-electron chi connectivity index (χ3n) is 4.63. The Morgan fingerprint density at radius 3 is 2.72 bits per heavy atom. The number of carbonyl (C=O) groups is 1. The highest BCUT2D eigenvalue weighted by Crippen LogP contribution is 2.21. The number of piperidine rings is 1. The van der Waals surface area contributed by atoms with Crippen LogP contribution in [-0.2, 0) is 4.79 Å². The molecule has 2 rings (SSSR count). The van der Waals surface area contributed by atoms with Crippen LogP contribution in [-0.4, -0.2) is 43.1 Å². The highest BCUT2D eigenvalue weighted by molar-refractivity contribution is 6.30. The van der Waals surface area contributed by atoms with E-state index in [1.54, 1.807) is 12.1 Å². The molecule has 0 saturated carbocycles. The standard InChI is InChI=1S/C20H31ClN2O2/c1-4-19(25-18-8-5-7-17(21)12-18)20(24)22-9-6-10-23-13-15(2)11-16(3)14-23/h5,7-8,12,15-16,19H,4,6,9-11,13-14H2,1-3H3,(H,22,24)/t15-,16+,19-/m1/s1. The van der Waals surface area contributed by atoms with Gasteiger partial charge >= 0.3 is 0 Å². The summed E-state index contributed by atoms with van der Waals surface area (Å²) in [6.45, 7) is 10.7. The van der Waals surface area contributed by atoms with Crippen molar-refractivity contribution in [2.45, 2.75) is 46.1 Å². The van der Waals surface area contributed by atoms with Crippen LogP contribution in [0.1, 0.15) is 40.0 Å². The third kappa shape index (κ3) is 6.87. The zero-order valence-electron chi connectivity index (χ0n) is 15.6. The third-order valence-corrected chi connectivity index (χ3v) is 4.87. The summed E-state index contributed by atoms with van der Waals surface area (Å²) < 4.78 is 5.77. The maximum Gasteiger partial charge on any atom is 0.261 e. The summed E-state index contributed by atoms with van der Waals surface area (Å²) in [5, 5.41) is 3.62. The van der Waals surface area contributed by atoms with Crippen molar-refractivity contribution >= 4 is 17.5 Å². The molecule has 1 aliphatic rings. The molecular formula is C20H31ClN2O2. The van der Waals surface area contributed by atoms with Gasteiger partial charge in [-0.05, 0) is 55.8 Å². The van der Waals surface area contributed by atoms with E-state index in [-0.39, 0.29) is 5.91 Å². The lowest BCUT2D eigenvalue weighted by Gasteiger charge is -2.35. The molecule has 0 bridgehead atoms. The fourth-order valence-electron chi connectivity index (χ4n) is 3.63. The summed E-state index contributed by atoms with van der Waals surface area (Å²) in [4.78, 5) is 14.9. The Kier molecular flexibility index (Phi) is 8.04. The van der Waals surface area contributed by atoms with Gasteiger partial charge in [-0.3, -0.25) is 4.79 Å². The molecule has 1 N–H and O–H groups in total. The highest BCUT2D eigenvalue weighted by Gasteiger charge is 2.21. The first kappa shape index (κ1) is 20.1. The Labute approximate surface area is 156 Å². The summed E-state index contributed by atoms with van der Waals surface area (Å²) in [7, 11) is 0. The predicted octanol–water partition coefficient (Wildman–Crippen LogP) is 3.98. The second-order valence-corrected chi connectivity index (χ2v) is 7.76. The Morgan fingerprint density at radius 1 is 1.36 bits per heavy atom. The van der Waals surface area contributed by atoms with Gasteiger partial charge in [-0.1, -0.05) is 38.4 Å². The lowest BCUT2D eigenvalue weighted by atomic mass is 9.92. The van der Waals surface area contributed by atoms with Gasteiger partial charge in [-0.15, -0.1) is 0 Å². The number of amides is 1. The van der Waals surface area contributed by atoms with Crippen molar-refractivity contribution in [1.82, 2.24) is 10.2 Å². The van der Waals surface area contributed by atoms with Crippen molar-refractivity contribution in [2.24, 2.45) is 11.8 Å². The summed E-state index contributed by atoms with van der Waals surface area (Å²) in [6, 6.07) is 7.16. The number of hydrogen-bond donors (Lipinski definition) is 1. The molecule has 0 aromatic heterocycles. The van der Waals surface area contributed by atoms with Crippen LogP contribution in [0.15, 0.2) is 24.3 Å². The Morgan fingerprint density at radius 2 is 2.08 bits per heavy atom. The minimum absolute atomic E-state index is 0.0529. The molecule has 4 nitrogen and oxygen atoms in total. The molecule has 0 unspecified atom stereocenters. The molecule has 0 aliphatic carbocycles. The number of nitrogens with one attached hydrogen (secondary N) is 1. The molecule has 0 radical (unpaired) electrons. The molecule has 1 heterocycles. The van der Waals surface area contributed by atoms with E-state index in [4.69, 9.17) is 16.3 Å². The second-order valence-electron chi connectivity index (χ2n) is 7.32. The number of likely N-dealkylation sites (tertiary alicyclic amines) is 1. The molecule has 140 valence electrons. The summed E-state index contributed by atoms with van der Waals surface area (Å²) in [5.74, 6) is 2.12. The van der Waals surface area contributed by atoms with Crippen molar-refractivity contribution in [3.05, 3.63) is 29.3 Å². The van der Waals surface area contributed by atoms with Crippen molar-refractivity contribution in [1.29, 1.82) is 0 Å². The predicted molar refractivity (Wildman–Crippen MR) is 103 cm³/mol. The topological polar surface area (TPSA) is 41.6 Å². The fourth-order valence-corrected chi connectivity index (χ4v) is 3.81. The van der Waals surface area contributed by atoms with Gasteiger partial charge in [0.15, 0.2) is 6.10 Å². The van der Waals surface area contributed by atoms with E-state index < -0.39 is 6.10 Å². The van der Waals surface area contributed by atoms with Crippen LogP contribution in [0, 0.1) is 11.8 Å². The van der Waals surface area contributed by atoms with Gasteiger partial charge in [0.25, 0.3) is 5.91 Å². The SMILES string of the molecule is CC[C@@H](Oc1cccc(Cl)c1)C(=O)NCCCN1C[C@H](C)C[C@H](C)C1. The van der Waals surface area contributed by atoms with Crippen LogP contribution in [0.4, 0.5) is 0 Å². The average Bonchev–Trinajstić information content (AvgIpc) is 2.55. The fraction of sp³-hybridized carbons (Fsp3) is 0.650. The van der Waals surface area contributed by atoms with Gasteiger partial charge < -0.3 is 15.0 Å². The van der Waals surface area contributed by atoms with Gasteiger partial charge in [0.2, 0.25) is 0 Å². The molecule has 5 heteroatoms. The number of nitrogens with zero attached hydrogens (tertiary/aromatic N) is 1. The number of ether oxygens (including phenoxy) is 1. The zero-order chi connectivity index (χ0) is 18.2. The minimum Gasteiger partial charge on any atom is -0.481 e. The van der Waals surface area contributed by atoms with Gasteiger partial charge in [-0.25, -0.2) is 0 Å². The van der Waals surface area contributed by atoms with Crippen LogP contribution < -0.4 is 10.1 Å². The van der Waals surface area contributed by atoms with Crippen molar-refractivity contribution in [3.8, 4) is 5.75 Å². The van der Waals surface area contributed by atoms with Gasteiger partial charge in [0, 0.05) is 24.7 Å². The number of carbonyl (C=O) groups excluding carboxylic acids is 1. The summed E-state index contributed by atoms with van der Waals surface area (Å²) >= 11 is 5.96. The smallest absolute Gasteiger partial charge is 0.261 e. The van der Waals surface area contributed by atoms with Crippen LogP contribution >= 0.6 is 11.6 Å². The van der Waals surface area contributed by atoms with Crippen LogP contribution in [0.3, 0.4) is 0 Å². The maximum atomic E-state index is 12.3. The summed E-state index contributed by atoms with van der Waals surface area (Å²) in [5.41, 5.74) is 0. The first-order valence-corrected chi connectivity index (χ1v) is 9.78. The molecular weight excluding hydrogens is 336 g/mol. The Bertz CT molecular complexity index is 542. The second kappa shape index (κ2) is 10.0. The van der Waals surface area contributed by atoms with Gasteiger partial charge in [-0.2, -0.15) is 0 Å². The Hall–Kier alpha value is -1.26. The van der Waals surface area contributed by atoms with Gasteiger partial charge in [0.05, 0.1) is 0 Å². The molecule has 25 heavy (non-hydrogen) atoms. The number of benzene rings is 1. The molecule has 1 aromatic rings. The number of hydrogen-bond acceptors (Lipinski definition) is 3. The van der Waals surface area contributed by atoms with E-state index in [0.717, 1.165) is 24.8 Å². The monoisotopic (exact) mass is 366 g/mol. The largest absolute Gasteiger partial charge is 0.481 e. The number of halogens is 1. The molecule has 1 fully saturated rings. The van der Waals surface area contributed by atoms with E-state index >= 15 is 0 Å². The van der Waals surface area contributed by atoms with Crippen molar-refractivity contribution in [2.75, 3.05) is 26.2 Å². The maximum absolute atomic E-state index is 12.3. The van der Waals surface area contributed by atoms with Crippen LogP contribution in [0.2, 0.25) is 5.02 Å². The highest BCUT2D eigenvalue weighted by atomic mass is 35.5. The lowest BCUT2D eigenvalue weighted by molar-refractivity contribution is -0.128. The van der Waals surface area contributed by atoms with E-state index in [0.29, 0.717) is 23.7 Å². The van der Waals surface area contributed by atoms with Crippen LogP contribution in [0.25, 0.3) is 0 Å². The van der Waals surface area contributed by atoms with Gasteiger partial charge in [0.1, 0.15) is 5.75 Å². The van der Waals surface area contributed by atoms with Crippen LogP contribution in [0.5, 0.6) is 5.75 Å². The molecule has 1 aromatic carbocycles. The first-order chi connectivity index (χ1) is 12.0. The molecule has 0 spiro atoms. The van der Waals surface area contributed by atoms with E-state index in [1.807, 2.05) is 19.1 Å². The zero-order valence-corrected chi connectivity index (χ0v) is 16.4. The van der Waals surface area contributed by atoms with E-state index in [9.17, 15) is 4.79 Å². The number of rotatable bonds is 8. The lowest BCUT2D eigenvalue weighted by Crippen LogP contribution is -2.41. The molecule has 1 aliphatic heterocycles. The summed E-state index contributed by atoms with van der Waals surface area (Å²) in [6.07, 6.45) is 2.44. The average molecular weight is 367 g/mol. The quantitative estimate of drug-likeness (QED) is 0.707. The van der Waals surface area contributed by atoms with E-state index in [2.05, 4.69) is 24.1 Å². The molecule has 1 amide bonds. The Balaban J connectivity index is 1.71. The molecule has 3 atom stereocenters.